The van der Waals surface area contributed by atoms with Gasteiger partial charge in [-0.05, 0) is 38.3 Å². The van der Waals surface area contributed by atoms with E-state index in [9.17, 15) is 19.2 Å². The molecular weight excluding hydrogens is 336 g/mol. The third-order valence-corrected chi connectivity index (χ3v) is 3.90. The second kappa shape index (κ2) is 8.12. The molecule has 26 heavy (non-hydrogen) atoms. The average Bonchev–Trinajstić information content (AvgIpc) is 2.81. The van der Waals surface area contributed by atoms with Crippen molar-refractivity contribution < 1.29 is 23.9 Å². The van der Waals surface area contributed by atoms with Crippen LogP contribution in [0.15, 0.2) is 24.3 Å². The van der Waals surface area contributed by atoms with Gasteiger partial charge in [-0.3, -0.25) is 19.3 Å². The lowest BCUT2D eigenvalue weighted by molar-refractivity contribution is -0.153. The molecule has 7 nitrogen and oxygen atoms in total. The average molecular weight is 360 g/mol. The molecule has 0 saturated heterocycles. The van der Waals surface area contributed by atoms with Crippen LogP contribution in [-0.4, -0.2) is 47.3 Å². The topological polar surface area (TPSA) is 92.8 Å². The Kier molecular flexibility index (Phi) is 6.13. The van der Waals surface area contributed by atoms with E-state index in [-0.39, 0.29) is 29.5 Å². The molecule has 1 aliphatic rings. The summed E-state index contributed by atoms with van der Waals surface area (Å²) in [5, 5.41) is 2.62. The Morgan fingerprint density at radius 2 is 1.58 bits per heavy atom. The number of imide groups is 1. The Morgan fingerprint density at radius 1 is 1.04 bits per heavy atom. The number of hydrogen-bond donors (Lipinski definition) is 1. The number of nitrogens with one attached hydrogen (secondary N) is 1. The van der Waals surface area contributed by atoms with Gasteiger partial charge in [0.25, 0.3) is 17.7 Å². The maximum Gasteiger partial charge on any atom is 0.329 e. The first-order valence-corrected chi connectivity index (χ1v) is 8.65. The van der Waals surface area contributed by atoms with Crippen LogP contribution in [0.1, 0.15) is 54.8 Å². The van der Waals surface area contributed by atoms with E-state index in [2.05, 4.69) is 5.32 Å². The zero-order valence-electron chi connectivity index (χ0n) is 15.4. The molecule has 1 heterocycles. The molecule has 3 amide bonds. The highest BCUT2D eigenvalue weighted by Crippen LogP contribution is 2.27. The molecule has 2 rings (SSSR count). The monoisotopic (exact) mass is 360 g/mol. The predicted octanol–water partition coefficient (Wildman–Crippen LogP) is 1.77. The minimum absolute atomic E-state index is 0.0429. The quantitative estimate of drug-likeness (QED) is 0.591. The molecule has 140 valence electrons. The number of benzene rings is 1. The van der Waals surface area contributed by atoms with E-state index >= 15 is 0 Å². The number of fused-ring (bicyclic) bond motifs is 1. The molecule has 7 heteroatoms. The highest BCUT2D eigenvalue weighted by molar-refractivity contribution is 6.22. The Bertz CT molecular complexity index is 691. The highest BCUT2D eigenvalue weighted by atomic mass is 16.5. The molecular formula is C19H24N2O5. The summed E-state index contributed by atoms with van der Waals surface area (Å²) in [5.41, 5.74) is 0.549. The van der Waals surface area contributed by atoms with Crippen molar-refractivity contribution >= 4 is 23.7 Å². The molecule has 0 aromatic heterocycles. The minimum atomic E-state index is -1.06. The van der Waals surface area contributed by atoms with E-state index in [1.807, 2.05) is 13.8 Å². The van der Waals surface area contributed by atoms with Crippen LogP contribution in [-0.2, 0) is 14.3 Å². The van der Waals surface area contributed by atoms with Crippen LogP contribution in [0.4, 0.5) is 0 Å². The zero-order valence-corrected chi connectivity index (χ0v) is 15.4. The Morgan fingerprint density at radius 3 is 2.04 bits per heavy atom. The summed E-state index contributed by atoms with van der Waals surface area (Å²) in [4.78, 5) is 50.5. The summed E-state index contributed by atoms with van der Waals surface area (Å²) in [7, 11) is 0. The number of amides is 3. The molecule has 0 spiro atoms. The summed E-state index contributed by atoms with van der Waals surface area (Å²) in [6, 6.07) is 5.31. The molecule has 0 unspecified atom stereocenters. The SMILES string of the molecule is CC(C)C[C@@H](C(=O)OCC(=O)NC(C)C)N1C(=O)c2ccccc2C1=O. The van der Waals surface area contributed by atoms with Crippen LogP contribution in [0.5, 0.6) is 0 Å². The maximum atomic E-state index is 12.6. The van der Waals surface area contributed by atoms with Crippen molar-refractivity contribution in [2.24, 2.45) is 5.92 Å². The smallest absolute Gasteiger partial charge is 0.329 e. The Hall–Kier alpha value is -2.70. The van der Waals surface area contributed by atoms with Gasteiger partial charge in [0.05, 0.1) is 11.1 Å². The van der Waals surface area contributed by atoms with Gasteiger partial charge < -0.3 is 10.1 Å². The lowest BCUT2D eigenvalue weighted by Gasteiger charge is -2.26. The molecule has 0 fully saturated rings. The van der Waals surface area contributed by atoms with Crippen molar-refractivity contribution in [3.05, 3.63) is 35.4 Å². The summed E-state index contributed by atoms with van der Waals surface area (Å²) in [6.07, 6.45) is 0.260. The van der Waals surface area contributed by atoms with Gasteiger partial charge in [0.15, 0.2) is 6.61 Å². The molecule has 1 aromatic carbocycles. The van der Waals surface area contributed by atoms with Gasteiger partial charge in [-0.1, -0.05) is 26.0 Å². The van der Waals surface area contributed by atoms with Crippen LogP contribution in [0.25, 0.3) is 0 Å². The number of rotatable bonds is 7. The largest absolute Gasteiger partial charge is 0.454 e. The first kappa shape index (κ1) is 19.6. The van der Waals surface area contributed by atoms with Gasteiger partial charge in [0.2, 0.25) is 0 Å². The number of ether oxygens (including phenoxy) is 1. The summed E-state index contributed by atoms with van der Waals surface area (Å²) in [6.45, 7) is 6.89. The van der Waals surface area contributed by atoms with E-state index in [0.29, 0.717) is 0 Å². The first-order valence-electron chi connectivity index (χ1n) is 8.65. The fraction of sp³-hybridized carbons (Fsp3) is 0.474. The third kappa shape index (κ3) is 4.28. The third-order valence-electron chi connectivity index (χ3n) is 3.90. The first-order chi connectivity index (χ1) is 12.2. The molecule has 1 atom stereocenters. The van der Waals surface area contributed by atoms with Gasteiger partial charge >= 0.3 is 5.97 Å². The maximum absolute atomic E-state index is 12.6. The standard InChI is InChI=1S/C19H24N2O5/c1-11(2)9-15(19(25)26-10-16(22)20-12(3)4)21-17(23)13-7-5-6-8-14(13)18(21)24/h5-8,11-12,15H,9-10H2,1-4H3,(H,20,22)/t15-/m0/s1. The second-order valence-corrected chi connectivity index (χ2v) is 7.00. The van der Waals surface area contributed by atoms with Crippen molar-refractivity contribution in [1.82, 2.24) is 10.2 Å². The molecule has 1 aromatic rings. The van der Waals surface area contributed by atoms with Gasteiger partial charge in [0, 0.05) is 6.04 Å². The van der Waals surface area contributed by atoms with Crippen LogP contribution >= 0.6 is 0 Å². The van der Waals surface area contributed by atoms with Crippen LogP contribution in [0.3, 0.4) is 0 Å². The van der Waals surface area contributed by atoms with Gasteiger partial charge in [-0.15, -0.1) is 0 Å². The lowest BCUT2D eigenvalue weighted by Crippen LogP contribution is -2.47. The molecule has 1 aliphatic heterocycles. The normalized spacial score (nSPS) is 14.6. The summed E-state index contributed by atoms with van der Waals surface area (Å²) >= 11 is 0. The van der Waals surface area contributed by atoms with Crippen molar-refractivity contribution in [2.75, 3.05) is 6.61 Å². The fourth-order valence-electron chi connectivity index (χ4n) is 2.84. The second-order valence-electron chi connectivity index (χ2n) is 7.00. The van der Waals surface area contributed by atoms with Crippen LogP contribution in [0, 0.1) is 5.92 Å². The number of esters is 1. The zero-order chi connectivity index (χ0) is 19.4. The Balaban J connectivity index is 2.17. The van der Waals surface area contributed by atoms with E-state index < -0.39 is 36.3 Å². The molecule has 0 bridgehead atoms. The van der Waals surface area contributed by atoms with E-state index in [1.165, 1.54) is 0 Å². The van der Waals surface area contributed by atoms with Crippen LogP contribution in [0.2, 0.25) is 0 Å². The summed E-state index contributed by atoms with van der Waals surface area (Å²) < 4.78 is 5.08. The van der Waals surface area contributed by atoms with Gasteiger partial charge in [-0.25, -0.2) is 4.79 Å². The summed E-state index contributed by atoms with van der Waals surface area (Å²) in [5.74, 6) is -2.17. The molecule has 0 aliphatic carbocycles. The van der Waals surface area contributed by atoms with Crippen LogP contribution < -0.4 is 5.32 Å². The Labute approximate surface area is 152 Å². The van der Waals surface area contributed by atoms with Crippen molar-refractivity contribution in [1.29, 1.82) is 0 Å². The number of hydrogen-bond acceptors (Lipinski definition) is 5. The number of carbonyl (C=O) groups excluding carboxylic acids is 4. The number of nitrogens with zero attached hydrogens (tertiary/aromatic N) is 1. The molecule has 0 saturated carbocycles. The lowest BCUT2D eigenvalue weighted by atomic mass is 10.0. The predicted molar refractivity (Wildman–Crippen MR) is 94.4 cm³/mol. The molecule has 1 N–H and O–H groups in total. The van der Waals surface area contributed by atoms with Gasteiger partial charge in [0.1, 0.15) is 6.04 Å². The van der Waals surface area contributed by atoms with Crippen molar-refractivity contribution in [3.8, 4) is 0 Å². The molecule has 0 radical (unpaired) electrons. The number of carbonyl (C=O) groups is 4. The van der Waals surface area contributed by atoms with E-state index in [0.717, 1.165) is 4.90 Å². The fourth-order valence-corrected chi connectivity index (χ4v) is 2.84. The highest BCUT2D eigenvalue weighted by Gasteiger charge is 2.43. The van der Waals surface area contributed by atoms with Crippen molar-refractivity contribution in [2.45, 2.75) is 46.2 Å². The minimum Gasteiger partial charge on any atom is -0.454 e. The van der Waals surface area contributed by atoms with Crippen molar-refractivity contribution in [3.63, 3.8) is 0 Å². The van der Waals surface area contributed by atoms with Gasteiger partial charge in [-0.2, -0.15) is 0 Å². The van der Waals surface area contributed by atoms with E-state index in [1.54, 1.807) is 38.1 Å². The van der Waals surface area contributed by atoms with E-state index in [4.69, 9.17) is 4.74 Å².